The van der Waals surface area contributed by atoms with Crippen LogP contribution in [0.4, 0.5) is 0 Å². The smallest absolute Gasteiger partial charge is 0.138 e. The fourth-order valence-corrected chi connectivity index (χ4v) is 2.79. The van der Waals surface area contributed by atoms with Gasteiger partial charge in [-0.05, 0) is 32.6 Å². The molecule has 2 atom stereocenters. The zero-order valence-electron chi connectivity index (χ0n) is 9.55. The molecule has 1 saturated carbocycles. The second-order valence-electron chi connectivity index (χ2n) is 5.55. The number of ketones is 1. The molecule has 0 spiro atoms. The van der Waals surface area contributed by atoms with Gasteiger partial charge in [0.2, 0.25) is 0 Å². The van der Waals surface area contributed by atoms with Gasteiger partial charge in [0.05, 0.1) is 0 Å². The quantitative estimate of drug-likeness (QED) is 0.629. The van der Waals surface area contributed by atoms with E-state index in [2.05, 4.69) is 25.7 Å². The molecule has 1 heterocycles. The zero-order valence-corrected chi connectivity index (χ0v) is 9.55. The van der Waals surface area contributed by atoms with Gasteiger partial charge in [-0.25, -0.2) is 0 Å². The van der Waals surface area contributed by atoms with Gasteiger partial charge in [-0.15, -0.1) is 0 Å². The summed E-state index contributed by atoms with van der Waals surface area (Å²) < 4.78 is 0. The van der Waals surface area contributed by atoms with Gasteiger partial charge in [0.15, 0.2) is 0 Å². The first-order valence-corrected chi connectivity index (χ1v) is 5.79. The van der Waals surface area contributed by atoms with Crippen LogP contribution in [-0.2, 0) is 4.79 Å². The highest BCUT2D eigenvalue weighted by atomic mass is 16.1. The second-order valence-corrected chi connectivity index (χ2v) is 5.55. The van der Waals surface area contributed by atoms with Crippen molar-refractivity contribution < 1.29 is 4.79 Å². The van der Waals surface area contributed by atoms with Crippen LogP contribution < -0.4 is 0 Å². The molecule has 0 radical (unpaired) electrons. The number of hydrogen-bond acceptors (Lipinski definition) is 2. The summed E-state index contributed by atoms with van der Waals surface area (Å²) in [5, 5.41) is 0. The molecule has 2 heteroatoms. The first kappa shape index (κ1) is 10.2. The number of rotatable bonds is 2. The molecule has 2 fully saturated rings. The summed E-state index contributed by atoms with van der Waals surface area (Å²) in [5.41, 5.74) is 0.122. The summed E-state index contributed by atoms with van der Waals surface area (Å²) in [7, 11) is 0. The molecule has 0 aromatic carbocycles. The SMILES string of the molecule is C[C@H]1CC[C@H](C(C)(C)N2CC2)C(=O)C1. The lowest BCUT2D eigenvalue weighted by molar-refractivity contribution is -0.129. The molecule has 0 bridgehead atoms. The lowest BCUT2D eigenvalue weighted by Gasteiger charge is -2.38. The molecule has 0 aromatic heterocycles. The molecule has 0 unspecified atom stereocenters. The van der Waals surface area contributed by atoms with E-state index in [0.717, 1.165) is 12.8 Å². The van der Waals surface area contributed by atoms with Crippen LogP contribution in [0.3, 0.4) is 0 Å². The largest absolute Gasteiger partial charge is 0.299 e. The van der Waals surface area contributed by atoms with Crippen molar-refractivity contribution in [3.8, 4) is 0 Å². The van der Waals surface area contributed by atoms with E-state index in [1.165, 1.54) is 19.5 Å². The summed E-state index contributed by atoms with van der Waals surface area (Å²) in [4.78, 5) is 14.4. The van der Waals surface area contributed by atoms with Crippen LogP contribution >= 0.6 is 0 Å². The van der Waals surface area contributed by atoms with E-state index in [1.54, 1.807) is 0 Å². The Labute approximate surface area is 86.7 Å². The number of Topliss-reactive ketones (excluding diaryl/α,β-unsaturated/α-hetero) is 1. The summed E-state index contributed by atoms with van der Waals surface area (Å²) in [6, 6.07) is 0. The van der Waals surface area contributed by atoms with Gasteiger partial charge < -0.3 is 0 Å². The number of carbonyl (C=O) groups is 1. The minimum atomic E-state index is 0.122. The van der Waals surface area contributed by atoms with Crippen LogP contribution in [0.15, 0.2) is 0 Å². The molecule has 80 valence electrons. The molecule has 2 rings (SSSR count). The average Bonchev–Trinajstić information content (AvgIpc) is 2.84. The van der Waals surface area contributed by atoms with E-state index >= 15 is 0 Å². The average molecular weight is 195 g/mol. The lowest BCUT2D eigenvalue weighted by Crippen LogP contribution is -2.45. The molecule has 0 amide bonds. The maximum absolute atomic E-state index is 12.0. The zero-order chi connectivity index (χ0) is 10.3. The Hall–Kier alpha value is -0.370. The first-order chi connectivity index (χ1) is 6.51. The topological polar surface area (TPSA) is 20.1 Å². The summed E-state index contributed by atoms with van der Waals surface area (Å²) >= 11 is 0. The number of carbonyl (C=O) groups excluding carboxylic acids is 1. The third-order valence-electron chi connectivity index (χ3n) is 4.00. The van der Waals surface area contributed by atoms with Gasteiger partial charge in [0.25, 0.3) is 0 Å². The van der Waals surface area contributed by atoms with Crippen molar-refractivity contribution in [1.82, 2.24) is 4.90 Å². The Bertz CT molecular complexity index is 243. The molecule has 1 aliphatic heterocycles. The van der Waals surface area contributed by atoms with Gasteiger partial charge in [0.1, 0.15) is 5.78 Å². The van der Waals surface area contributed by atoms with E-state index in [9.17, 15) is 4.79 Å². The van der Waals surface area contributed by atoms with Crippen molar-refractivity contribution in [2.75, 3.05) is 13.1 Å². The van der Waals surface area contributed by atoms with Gasteiger partial charge in [0, 0.05) is 31.0 Å². The highest BCUT2D eigenvalue weighted by Crippen LogP contribution is 2.38. The van der Waals surface area contributed by atoms with E-state index < -0.39 is 0 Å². The minimum absolute atomic E-state index is 0.122. The first-order valence-electron chi connectivity index (χ1n) is 5.79. The normalized spacial score (nSPS) is 34.6. The number of hydrogen-bond donors (Lipinski definition) is 0. The number of nitrogens with zero attached hydrogens (tertiary/aromatic N) is 1. The predicted molar refractivity (Wildman–Crippen MR) is 57.2 cm³/mol. The monoisotopic (exact) mass is 195 g/mol. The van der Waals surface area contributed by atoms with Crippen LogP contribution in [-0.4, -0.2) is 29.3 Å². The third kappa shape index (κ3) is 1.72. The molecule has 1 aliphatic carbocycles. The Balaban J connectivity index is 2.06. The van der Waals surface area contributed by atoms with Crippen LogP contribution in [0.25, 0.3) is 0 Å². The highest BCUT2D eigenvalue weighted by molar-refractivity contribution is 5.83. The lowest BCUT2D eigenvalue weighted by atomic mass is 9.73. The highest BCUT2D eigenvalue weighted by Gasteiger charge is 2.45. The van der Waals surface area contributed by atoms with Gasteiger partial charge >= 0.3 is 0 Å². The Morgan fingerprint density at radius 3 is 2.43 bits per heavy atom. The molecule has 2 nitrogen and oxygen atoms in total. The fourth-order valence-electron chi connectivity index (χ4n) is 2.79. The van der Waals surface area contributed by atoms with Crippen LogP contribution in [0, 0.1) is 11.8 Å². The molecule has 1 saturated heterocycles. The van der Waals surface area contributed by atoms with E-state index in [0.29, 0.717) is 17.6 Å². The maximum atomic E-state index is 12.0. The van der Waals surface area contributed by atoms with Crippen molar-refractivity contribution in [2.45, 2.75) is 45.6 Å². The van der Waals surface area contributed by atoms with Crippen LogP contribution in [0.1, 0.15) is 40.0 Å². The van der Waals surface area contributed by atoms with E-state index in [4.69, 9.17) is 0 Å². The van der Waals surface area contributed by atoms with Crippen molar-refractivity contribution >= 4 is 5.78 Å². The standard InChI is InChI=1S/C12H21NO/c1-9-4-5-10(11(14)8-9)12(2,3)13-6-7-13/h9-10H,4-8H2,1-3H3/t9-,10-/m0/s1. The van der Waals surface area contributed by atoms with E-state index in [1.807, 2.05) is 0 Å². The van der Waals surface area contributed by atoms with Gasteiger partial charge in [-0.2, -0.15) is 0 Å². The Morgan fingerprint density at radius 2 is 1.93 bits per heavy atom. The van der Waals surface area contributed by atoms with Gasteiger partial charge in [-0.3, -0.25) is 9.69 Å². The molecular weight excluding hydrogens is 174 g/mol. The van der Waals surface area contributed by atoms with Crippen LogP contribution in [0.2, 0.25) is 0 Å². The minimum Gasteiger partial charge on any atom is -0.299 e. The van der Waals surface area contributed by atoms with Crippen molar-refractivity contribution in [1.29, 1.82) is 0 Å². The van der Waals surface area contributed by atoms with Crippen molar-refractivity contribution in [3.63, 3.8) is 0 Å². The summed E-state index contributed by atoms with van der Waals surface area (Å²) in [5.74, 6) is 1.41. The van der Waals surface area contributed by atoms with Crippen LogP contribution in [0.5, 0.6) is 0 Å². The van der Waals surface area contributed by atoms with Crippen molar-refractivity contribution in [2.24, 2.45) is 11.8 Å². The van der Waals surface area contributed by atoms with Gasteiger partial charge in [-0.1, -0.05) is 6.92 Å². The molecule has 0 aromatic rings. The third-order valence-corrected chi connectivity index (χ3v) is 4.00. The predicted octanol–water partition coefficient (Wildman–Crippen LogP) is 2.09. The molecule has 0 N–H and O–H groups in total. The molecule has 2 aliphatic rings. The summed E-state index contributed by atoms with van der Waals surface area (Å²) in [6.07, 6.45) is 3.14. The summed E-state index contributed by atoms with van der Waals surface area (Å²) in [6.45, 7) is 9.04. The fraction of sp³-hybridized carbons (Fsp3) is 0.917. The Kier molecular flexibility index (Phi) is 2.42. The Morgan fingerprint density at radius 1 is 1.29 bits per heavy atom. The molecular formula is C12H21NO. The second kappa shape index (κ2) is 3.34. The van der Waals surface area contributed by atoms with Crippen molar-refractivity contribution in [3.05, 3.63) is 0 Å². The van der Waals surface area contributed by atoms with E-state index in [-0.39, 0.29) is 5.54 Å². The maximum Gasteiger partial charge on any atom is 0.138 e. The molecule has 14 heavy (non-hydrogen) atoms.